The number of ether oxygens (including phenoxy) is 2. The van der Waals surface area contributed by atoms with E-state index in [2.05, 4.69) is 19.7 Å². The van der Waals surface area contributed by atoms with Crippen molar-refractivity contribution in [3.63, 3.8) is 0 Å². The molecule has 0 fully saturated rings. The minimum Gasteiger partial charge on any atom is -0.497 e. The van der Waals surface area contributed by atoms with Gasteiger partial charge in [-0.05, 0) is 66.7 Å². The topological polar surface area (TPSA) is 133 Å². The summed E-state index contributed by atoms with van der Waals surface area (Å²) in [5.41, 5.74) is 1.37. The summed E-state index contributed by atoms with van der Waals surface area (Å²) in [5, 5.41) is 0. The van der Waals surface area contributed by atoms with Crippen molar-refractivity contribution in [2.24, 2.45) is 4.99 Å². The molecule has 0 bridgehead atoms. The standard InChI is InChI=1S/C25H18N4O6S/c1-33-18-7-3-17(4-8-18)23-28-21(24(30)35-23)15-19-9-12-22(34-19)16-5-10-20(11-6-16)36(31,32)29-25-26-13-2-14-27-25/h2-15H,1H3,(H,26,27,29). The summed E-state index contributed by atoms with van der Waals surface area (Å²) < 4.78 is 43.6. The molecule has 1 N–H and O–H groups in total. The Bertz CT molecular complexity index is 1580. The molecular weight excluding hydrogens is 484 g/mol. The van der Waals surface area contributed by atoms with Gasteiger partial charge in [-0.1, -0.05) is 0 Å². The minimum atomic E-state index is -3.85. The van der Waals surface area contributed by atoms with Gasteiger partial charge in [0.1, 0.15) is 17.3 Å². The van der Waals surface area contributed by atoms with E-state index >= 15 is 0 Å². The van der Waals surface area contributed by atoms with Gasteiger partial charge in [-0.3, -0.25) is 0 Å². The Morgan fingerprint density at radius 1 is 0.917 bits per heavy atom. The molecule has 0 unspecified atom stereocenters. The maximum Gasteiger partial charge on any atom is 0.363 e. The molecule has 4 aromatic rings. The van der Waals surface area contributed by atoms with Crippen molar-refractivity contribution in [1.29, 1.82) is 0 Å². The predicted molar refractivity (Wildman–Crippen MR) is 131 cm³/mol. The number of aliphatic imine (C=N–C) groups is 1. The molecule has 36 heavy (non-hydrogen) atoms. The van der Waals surface area contributed by atoms with Crippen molar-refractivity contribution in [1.82, 2.24) is 9.97 Å². The van der Waals surface area contributed by atoms with Crippen LogP contribution in [0.1, 0.15) is 11.3 Å². The maximum atomic E-state index is 12.6. The monoisotopic (exact) mass is 502 g/mol. The van der Waals surface area contributed by atoms with Crippen LogP contribution in [0.3, 0.4) is 0 Å². The molecule has 10 nitrogen and oxygen atoms in total. The Kier molecular flexibility index (Phi) is 6.05. The second kappa shape index (κ2) is 9.47. The first-order valence-electron chi connectivity index (χ1n) is 10.6. The van der Waals surface area contributed by atoms with Gasteiger partial charge in [-0.2, -0.15) is 0 Å². The lowest BCUT2D eigenvalue weighted by Crippen LogP contribution is -2.14. The van der Waals surface area contributed by atoms with Crippen molar-refractivity contribution in [2.75, 3.05) is 11.8 Å². The number of benzene rings is 2. The number of esters is 1. The maximum absolute atomic E-state index is 12.6. The summed E-state index contributed by atoms with van der Waals surface area (Å²) in [7, 11) is -2.28. The number of carbonyl (C=O) groups is 1. The predicted octanol–water partition coefficient (Wildman–Crippen LogP) is 3.89. The summed E-state index contributed by atoms with van der Waals surface area (Å²) in [6, 6.07) is 18.1. The first kappa shape index (κ1) is 23.0. The van der Waals surface area contributed by atoms with E-state index in [0.717, 1.165) is 0 Å². The Hall–Kier alpha value is -4.77. The van der Waals surface area contributed by atoms with Crippen LogP contribution in [0.25, 0.3) is 17.4 Å². The zero-order valence-corrected chi connectivity index (χ0v) is 19.6. The SMILES string of the molecule is COc1ccc(C2=NC(=Cc3ccc(-c4ccc(S(=O)(=O)Nc5ncccn5)cc4)o3)C(=O)O2)cc1. The Morgan fingerprint density at radius 2 is 1.61 bits per heavy atom. The number of hydrogen-bond donors (Lipinski definition) is 1. The van der Waals surface area contributed by atoms with E-state index in [1.54, 1.807) is 61.7 Å². The molecule has 0 atom stereocenters. The summed E-state index contributed by atoms with van der Waals surface area (Å²) in [6.45, 7) is 0. The van der Waals surface area contributed by atoms with Crippen LogP contribution in [0, 0.1) is 0 Å². The normalized spacial score (nSPS) is 14.4. The number of nitrogens with zero attached hydrogens (tertiary/aromatic N) is 3. The quantitative estimate of drug-likeness (QED) is 0.297. The van der Waals surface area contributed by atoms with E-state index in [-0.39, 0.29) is 22.4 Å². The van der Waals surface area contributed by atoms with Crippen molar-refractivity contribution in [2.45, 2.75) is 4.90 Å². The second-order valence-electron chi connectivity index (χ2n) is 7.47. The molecule has 0 radical (unpaired) electrons. The molecule has 0 amide bonds. The molecule has 0 saturated heterocycles. The molecule has 180 valence electrons. The zero-order chi connectivity index (χ0) is 25.1. The number of carbonyl (C=O) groups excluding carboxylic acids is 1. The fourth-order valence-corrected chi connectivity index (χ4v) is 4.27. The van der Waals surface area contributed by atoms with E-state index in [1.165, 1.54) is 30.6 Å². The van der Waals surface area contributed by atoms with E-state index in [4.69, 9.17) is 13.9 Å². The van der Waals surface area contributed by atoms with Gasteiger partial charge < -0.3 is 13.9 Å². The van der Waals surface area contributed by atoms with Crippen LogP contribution >= 0.6 is 0 Å². The average molecular weight is 503 g/mol. The molecule has 0 saturated carbocycles. The van der Waals surface area contributed by atoms with Crippen LogP contribution in [0.5, 0.6) is 5.75 Å². The second-order valence-corrected chi connectivity index (χ2v) is 9.15. The Labute approximate surface area is 206 Å². The van der Waals surface area contributed by atoms with Crippen molar-refractivity contribution >= 4 is 33.9 Å². The fraction of sp³-hybridized carbons (Fsp3) is 0.0400. The van der Waals surface area contributed by atoms with Crippen LogP contribution in [0.15, 0.2) is 99.1 Å². The Balaban J connectivity index is 1.32. The highest BCUT2D eigenvalue weighted by Crippen LogP contribution is 2.27. The van der Waals surface area contributed by atoms with Crippen LogP contribution in [-0.2, 0) is 19.6 Å². The third-order valence-electron chi connectivity index (χ3n) is 5.10. The lowest BCUT2D eigenvalue weighted by molar-refractivity contribution is -0.129. The van der Waals surface area contributed by atoms with Crippen molar-refractivity contribution in [3.05, 3.63) is 96.1 Å². The molecule has 0 spiro atoms. The highest BCUT2D eigenvalue weighted by molar-refractivity contribution is 7.92. The van der Waals surface area contributed by atoms with E-state index in [9.17, 15) is 13.2 Å². The van der Waals surface area contributed by atoms with Gasteiger partial charge in [0, 0.05) is 29.6 Å². The molecule has 3 heterocycles. The number of hydrogen-bond acceptors (Lipinski definition) is 9. The smallest absolute Gasteiger partial charge is 0.363 e. The summed E-state index contributed by atoms with van der Waals surface area (Å²) in [6.07, 6.45) is 4.35. The zero-order valence-electron chi connectivity index (χ0n) is 18.8. The van der Waals surface area contributed by atoms with Gasteiger partial charge in [-0.15, -0.1) is 0 Å². The summed E-state index contributed by atoms with van der Waals surface area (Å²) in [5.74, 6) is 1.12. The van der Waals surface area contributed by atoms with E-state index in [1.807, 2.05) is 0 Å². The van der Waals surface area contributed by atoms with Gasteiger partial charge in [0.25, 0.3) is 10.0 Å². The molecule has 0 aliphatic carbocycles. The number of cyclic esters (lactones) is 1. The average Bonchev–Trinajstić information content (AvgIpc) is 3.51. The summed E-state index contributed by atoms with van der Waals surface area (Å²) in [4.78, 5) is 24.3. The highest BCUT2D eigenvalue weighted by Gasteiger charge is 2.25. The minimum absolute atomic E-state index is 0.0199. The molecule has 11 heteroatoms. The van der Waals surface area contributed by atoms with Gasteiger partial charge in [0.15, 0.2) is 5.70 Å². The van der Waals surface area contributed by atoms with Crippen molar-refractivity contribution in [3.8, 4) is 17.1 Å². The lowest BCUT2D eigenvalue weighted by Gasteiger charge is -2.06. The number of methoxy groups -OCH3 is 1. The number of rotatable bonds is 7. The summed E-state index contributed by atoms with van der Waals surface area (Å²) >= 11 is 0. The van der Waals surface area contributed by atoms with Crippen LogP contribution in [-0.4, -0.2) is 37.4 Å². The van der Waals surface area contributed by atoms with E-state index in [0.29, 0.717) is 28.4 Å². The molecule has 2 aromatic carbocycles. The highest BCUT2D eigenvalue weighted by atomic mass is 32.2. The largest absolute Gasteiger partial charge is 0.497 e. The number of furan rings is 1. The lowest BCUT2D eigenvalue weighted by atomic mass is 10.2. The van der Waals surface area contributed by atoms with Crippen LogP contribution in [0.2, 0.25) is 0 Å². The van der Waals surface area contributed by atoms with E-state index < -0.39 is 16.0 Å². The first-order valence-corrected chi connectivity index (χ1v) is 12.1. The molecule has 5 rings (SSSR count). The number of nitrogens with one attached hydrogen (secondary N) is 1. The first-order chi connectivity index (χ1) is 17.4. The van der Waals surface area contributed by atoms with Gasteiger partial charge in [0.05, 0.1) is 12.0 Å². The third kappa shape index (κ3) is 4.86. The number of aromatic nitrogens is 2. The number of anilines is 1. The molecule has 1 aliphatic heterocycles. The Morgan fingerprint density at radius 3 is 2.31 bits per heavy atom. The molecule has 2 aromatic heterocycles. The van der Waals surface area contributed by atoms with Gasteiger partial charge >= 0.3 is 5.97 Å². The molecule has 1 aliphatic rings. The number of sulfonamides is 1. The van der Waals surface area contributed by atoms with Gasteiger partial charge in [0.2, 0.25) is 11.8 Å². The fourth-order valence-electron chi connectivity index (χ4n) is 3.32. The third-order valence-corrected chi connectivity index (χ3v) is 6.45. The molecular formula is C25H18N4O6S. The van der Waals surface area contributed by atoms with Crippen LogP contribution < -0.4 is 9.46 Å². The van der Waals surface area contributed by atoms with Gasteiger partial charge in [-0.25, -0.2) is 32.9 Å². The van der Waals surface area contributed by atoms with Crippen molar-refractivity contribution < 1.29 is 27.1 Å². The van der Waals surface area contributed by atoms with Crippen LogP contribution in [0.4, 0.5) is 5.95 Å².